The molecule has 0 spiro atoms. The van der Waals surface area contributed by atoms with Gasteiger partial charge < -0.3 is 29.7 Å². The smallest absolute Gasteiger partial charge is 0.215 e. The number of anilines is 4. The average Bonchev–Trinajstić information content (AvgIpc) is 1.54. The van der Waals surface area contributed by atoms with Crippen molar-refractivity contribution in [2.75, 3.05) is 16.5 Å². The fourth-order valence-electron chi connectivity index (χ4n) is 11.9. The summed E-state index contributed by atoms with van der Waals surface area (Å²) >= 11 is 0. The van der Waals surface area contributed by atoms with Crippen LogP contribution in [0, 0.1) is 0 Å². The number of hydrogen-bond acceptors (Lipinski definition) is 6. The second-order valence-corrected chi connectivity index (χ2v) is 26.8. The summed E-state index contributed by atoms with van der Waals surface area (Å²) in [5.41, 5.74) is 15.1. The van der Waals surface area contributed by atoms with E-state index < -0.39 is 19.1 Å². The van der Waals surface area contributed by atoms with Crippen molar-refractivity contribution in [2.24, 2.45) is 6.98 Å². The highest BCUT2D eigenvalue weighted by Gasteiger charge is 2.36. The summed E-state index contributed by atoms with van der Waals surface area (Å²) in [4.78, 5) is 9.74. The van der Waals surface area contributed by atoms with Crippen LogP contribution in [-0.2, 0) is 28.6 Å². The summed E-state index contributed by atoms with van der Waals surface area (Å²) in [7, 11) is 4.37. The summed E-state index contributed by atoms with van der Waals surface area (Å²) in [5, 5.41) is 7.26. The maximum atomic E-state index is 9.41. The third-order valence-electron chi connectivity index (χ3n) is 16.4. The molecule has 0 fully saturated rings. The maximum absolute atomic E-state index is 9.41. The number of nitrogens with one attached hydrogen (secondary N) is 2. The zero-order valence-electron chi connectivity index (χ0n) is 59.0. The Labute approximate surface area is 526 Å². The second-order valence-electron chi connectivity index (χ2n) is 26.8. The van der Waals surface area contributed by atoms with Gasteiger partial charge in [0, 0.05) is 64.5 Å². The van der Waals surface area contributed by atoms with Gasteiger partial charge >= 0.3 is 0 Å². The van der Waals surface area contributed by atoms with E-state index in [0.29, 0.717) is 40.1 Å². The van der Waals surface area contributed by atoms with Gasteiger partial charge in [-0.3, -0.25) is 4.57 Å². The van der Waals surface area contributed by atoms with E-state index in [2.05, 4.69) is 221 Å². The third-order valence-corrected chi connectivity index (χ3v) is 16.4. The summed E-state index contributed by atoms with van der Waals surface area (Å²) in [6.45, 7) is 24.9. The molecule has 7 aromatic carbocycles. The highest BCUT2D eigenvalue weighted by atomic mass is 16.5. The molecule has 2 aromatic heterocycles. The van der Waals surface area contributed by atoms with E-state index in [-0.39, 0.29) is 50.6 Å². The number of allylic oxidation sites excluding steroid dienone is 8. The first-order valence-corrected chi connectivity index (χ1v) is 30.0. The minimum absolute atomic E-state index is 0.0269. The molecule has 0 bridgehead atoms. The van der Waals surface area contributed by atoms with Crippen LogP contribution in [0.2, 0.25) is 0 Å². The Balaban J connectivity index is 1.12. The fourth-order valence-corrected chi connectivity index (χ4v) is 11.9. The van der Waals surface area contributed by atoms with E-state index >= 15 is 0 Å². The lowest BCUT2D eigenvalue weighted by Gasteiger charge is -2.34. The number of rotatable bonds is 8. The van der Waals surface area contributed by atoms with Gasteiger partial charge in [-0.2, -0.15) is 0 Å². The van der Waals surface area contributed by atoms with Gasteiger partial charge in [0.1, 0.15) is 18.2 Å². The molecular formula is C77H79B2N7O. The van der Waals surface area contributed by atoms with Crippen molar-refractivity contribution in [3.05, 3.63) is 252 Å². The number of aryl methyl sites for hydroxylation is 1. The van der Waals surface area contributed by atoms with Crippen molar-refractivity contribution in [1.29, 1.82) is 0 Å². The number of benzene rings is 7. The second kappa shape index (κ2) is 22.9. The standard InChI is InChI=1S/C77H79B2N7O/c1-74(2,3)52-44-59(63-27-24-40-80-38-22-20-36-78-63)72(60(45-52)64-28-25-41-81-39-23-21-37-79-64)85-50-84(68-32-18-19-33-69(68)85)54-42-51(71-61(76(7,8)9)46-53(75(4,5)6)47-62(71)77(10,11)12)43-56(48-54)87-55-34-35-58-57-26-14-16-30-66(57)86(70(58)49-55)73-82-65-29-15-17-31-67(65)83(73)13/h14-49,80-81H,50H2,1-13H3/b36-20-,37-21-,38-22-,39-23-,40-24-,41-25-,63-27-,64-28-/i13D3,14D,16D,26D,30D. The highest BCUT2D eigenvalue weighted by molar-refractivity contribution is 6.67. The summed E-state index contributed by atoms with van der Waals surface area (Å²) < 4.78 is 73.1. The van der Waals surface area contributed by atoms with E-state index in [0.717, 1.165) is 60.5 Å². The predicted molar refractivity (Wildman–Crippen MR) is 372 cm³/mol. The molecule has 2 N–H and O–H groups in total. The van der Waals surface area contributed by atoms with Crippen LogP contribution in [0.15, 0.2) is 219 Å². The normalized spacial score (nSPS) is 19.6. The molecule has 0 unspecified atom stereocenters. The molecule has 2 radical (unpaired) electrons. The zero-order chi connectivity index (χ0) is 67.0. The topological polar surface area (TPSA) is 62.5 Å². The van der Waals surface area contributed by atoms with Crippen molar-refractivity contribution in [1.82, 2.24) is 24.8 Å². The fraction of sp³-hybridized carbons (Fsp3) is 0.234. The van der Waals surface area contributed by atoms with Gasteiger partial charge in [0.15, 0.2) is 14.6 Å². The number of fused-ring (bicyclic) bond motifs is 5. The first-order valence-electron chi connectivity index (χ1n) is 33.5. The summed E-state index contributed by atoms with van der Waals surface area (Å²) in [6, 6.07) is 35.5. The molecule has 87 heavy (non-hydrogen) atoms. The number of aromatic nitrogens is 3. The molecule has 0 aliphatic carbocycles. The van der Waals surface area contributed by atoms with Crippen molar-refractivity contribution in [2.45, 2.75) is 105 Å². The average molecular weight is 1150 g/mol. The lowest BCUT2D eigenvalue weighted by atomic mass is 9.62. The van der Waals surface area contributed by atoms with Gasteiger partial charge in [-0.1, -0.05) is 173 Å². The Hall–Kier alpha value is -9.14. The summed E-state index contributed by atoms with van der Waals surface area (Å²) in [5.74, 6) is 5.04. The van der Waals surface area contributed by atoms with Crippen LogP contribution in [0.1, 0.15) is 126 Å². The number of hydrogen-bond donors (Lipinski definition) is 2. The maximum Gasteiger partial charge on any atom is 0.215 e. The molecule has 9 aromatic rings. The number of nitrogens with zero attached hydrogens (tertiary/aromatic N) is 5. The van der Waals surface area contributed by atoms with Crippen LogP contribution >= 0.6 is 0 Å². The Kier molecular flexibility index (Phi) is 13.2. The van der Waals surface area contributed by atoms with Crippen LogP contribution in [0.3, 0.4) is 0 Å². The molecule has 5 heterocycles. The third kappa shape index (κ3) is 11.6. The highest BCUT2D eigenvalue weighted by Crippen LogP contribution is 2.52. The molecule has 12 rings (SSSR count). The molecule has 0 amide bonds. The van der Waals surface area contributed by atoms with Gasteiger partial charge in [-0.05, 0) is 157 Å². The Morgan fingerprint density at radius 2 is 1.13 bits per heavy atom. The Morgan fingerprint density at radius 1 is 0.540 bits per heavy atom. The molecule has 0 atom stereocenters. The Bertz CT molecular complexity index is 4670. The molecule has 0 saturated carbocycles. The number of ether oxygens (including phenoxy) is 1. The first kappa shape index (κ1) is 50.1. The molecule has 8 nitrogen and oxygen atoms in total. The van der Waals surface area contributed by atoms with Crippen molar-refractivity contribution in [3.63, 3.8) is 0 Å². The van der Waals surface area contributed by atoms with Gasteiger partial charge in [0.25, 0.3) is 0 Å². The molecular weight excluding hydrogens is 1060 g/mol. The number of imidazole rings is 1. The van der Waals surface area contributed by atoms with E-state index in [1.807, 2.05) is 55.2 Å². The van der Waals surface area contributed by atoms with Crippen molar-refractivity contribution >= 4 is 81.1 Å². The van der Waals surface area contributed by atoms with Crippen LogP contribution in [0.4, 0.5) is 22.7 Å². The molecule has 434 valence electrons. The van der Waals surface area contributed by atoms with E-state index in [1.165, 1.54) is 22.3 Å². The van der Waals surface area contributed by atoms with Gasteiger partial charge in [-0.25, -0.2) is 4.98 Å². The zero-order valence-corrected chi connectivity index (χ0v) is 52.0. The van der Waals surface area contributed by atoms with Crippen LogP contribution < -0.4 is 25.2 Å². The van der Waals surface area contributed by atoms with E-state index in [9.17, 15) is 2.74 Å². The van der Waals surface area contributed by atoms with Crippen molar-refractivity contribution in [3.8, 4) is 28.6 Å². The van der Waals surface area contributed by atoms with Crippen LogP contribution in [-0.4, -0.2) is 35.3 Å². The number of para-hydroxylation sites is 5. The Morgan fingerprint density at radius 3 is 1.75 bits per heavy atom. The lowest BCUT2D eigenvalue weighted by Crippen LogP contribution is -2.27. The predicted octanol–water partition coefficient (Wildman–Crippen LogP) is 18.9. The molecule has 0 saturated heterocycles. The molecule has 3 aliphatic heterocycles. The molecule has 3 aliphatic rings. The van der Waals surface area contributed by atoms with Crippen molar-refractivity contribution < 1.29 is 14.3 Å². The van der Waals surface area contributed by atoms with E-state index in [4.69, 9.17) is 16.6 Å². The van der Waals surface area contributed by atoms with E-state index in [1.54, 1.807) is 41.0 Å². The monoisotopic (exact) mass is 1150 g/mol. The quantitative estimate of drug-likeness (QED) is 0.148. The minimum Gasteiger partial charge on any atom is -0.457 e. The minimum atomic E-state index is -2.74. The first-order chi connectivity index (χ1) is 44.5. The largest absolute Gasteiger partial charge is 0.457 e. The van der Waals surface area contributed by atoms with Gasteiger partial charge in [-0.15, -0.1) is 12.0 Å². The summed E-state index contributed by atoms with van der Waals surface area (Å²) in [6.07, 6.45) is 24.2. The van der Waals surface area contributed by atoms with Gasteiger partial charge in [0.05, 0.1) is 44.6 Å². The lowest BCUT2D eigenvalue weighted by molar-refractivity contribution is 0.483. The SMILES string of the molecule is [2H]c1c([2H])c([2H])c2c(c1[2H])c1ccc(Oc3cc(-c4c(C(C)(C)C)cc(C(C)(C)C)cc4C(C)(C)C)cc(N4CN(c5c(/C6=C/C=C\N/C=C\C=C/[B]6)cc(C(C)(C)C)cc5/C5=C/C=C\N/C=C\C=C/[B]5)c5ccccc54)c3)cc1n2-c1nc2ccccc2n1C([2H])([2H])[2H]. The van der Waals surface area contributed by atoms with Gasteiger partial charge in [0.2, 0.25) is 5.95 Å². The molecule has 10 heteroatoms. The van der Waals surface area contributed by atoms with Crippen LogP contribution in [0.25, 0.3) is 60.9 Å². The van der Waals surface area contributed by atoms with Crippen LogP contribution in [0.5, 0.6) is 11.5 Å².